The minimum absolute atomic E-state index is 0.533. The Morgan fingerprint density at radius 1 is 1.29 bits per heavy atom. The van der Waals surface area contributed by atoms with Gasteiger partial charge in [0.2, 0.25) is 5.95 Å². The van der Waals surface area contributed by atoms with Crippen LogP contribution in [0.4, 0.5) is 5.95 Å². The molecular weight excluding hydrogens is 180 g/mol. The van der Waals surface area contributed by atoms with Crippen LogP contribution < -0.4 is 5.32 Å². The Kier molecular flexibility index (Phi) is 2.35. The van der Waals surface area contributed by atoms with E-state index in [0.717, 1.165) is 5.82 Å². The number of hydrogen-bond acceptors (Lipinski definition) is 5. The van der Waals surface area contributed by atoms with Gasteiger partial charge in [0.05, 0.1) is 6.54 Å². The van der Waals surface area contributed by atoms with Crippen molar-refractivity contribution in [2.75, 3.05) is 5.32 Å². The monoisotopic (exact) mass is 190 g/mol. The van der Waals surface area contributed by atoms with Crippen LogP contribution in [0.2, 0.25) is 0 Å². The summed E-state index contributed by atoms with van der Waals surface area (Å²) < 4.78 is 1.66. The molecule has 0 spiro atoms. The lowest BCUT2D eigenvalue weighted by Gasteiger charge is -1.99. The zero-order chi connectivity index (χ0) is 9.80. The van der Waals surface area contributed by atoms with Gasteiger partial charge in [-0.2, -0.15) is 5.10 Å². The summed E-state index contributed by atoms with van der Waals surface area (Å²) in [4.78, 5) is 12.1. The molecule has 72 valence electrons. The molecule has 2 heterocycles. The minimum Gasteiger partial charge on any atom is -0.347 e. The molecule has 0 aliphatic heterocycles. The summed E-state index contributed by atoms with van der Waals surface area (Å²) in [6, 6.07) is 1.77. The number of aromatic nitrogens is 5. The van der Waals surface area contributed by atoms with Crippen molar-refractivity contribution in [3.63, 3.8) is 0 Å². The number of aryl methyl sites for hydroxylation is 1. The normalized spacial score (nSPS) is 10.1. The Morgan fingerprint density at radius 2 is 2.07 bits per heavy atom. The quantitative estimate of drug-likeness (QED) is 0.749. The van der Waals surface area contributed by atoms with Crippen LogP contribution in [-0.2, 0) is 13.6 Å². The number of nitrogens with one attached hydrogen (secondary N) is 1. The molecule has 0 fully saturated rings. The number of rotatable bonds is 3. The molecule has 0 unspecified atom stereocenters. The van der Waals surface area contributed by atoms with Crippen molar-refractivity contribution in [1.82, 2.24) is 24.7 Å². The average Bonchev–Trinajstić information content (AvgIpc) is 2.63. The van der Waals surface area contributed by atoms with E-state index in [1.807, 2.05) is 7.05 Å². The van der Waals surface area contributed by atoms with Crippen LogP contribution in [0.15, 0.2) is 24.8 Å². The van der Waals surface area contributed by atoms with E-state index >= 15 is 0 Å². The van der Waals surface area contributed by atoms with E-state index in [4.69, 9.17) is 0 Å². The van der Waals surface area contributed by atoms with Gasteiger partial charge in [0.15, 0.2) is 5.82 Å². The first-order chi connectivity index (χ1) is 6.84. The van der Waals surface area contributed by atoms with E-state index in [2.05, 4.69) is 25.4 Å². The highest BCUT2D eigenvalue weighted by molar-refractivity contribution is 5.22. The summed E-state index contributed by atoms with van der Waals surface area (Å²) >= 11 is 0. The highest BCUT2D eigenvalue weighted by Crippen LogP contribution is 1.96. The summed E-state index contributed by atoms with van der Waals surface area (Å²) in [6.07, 6.45) is 5.02. The maximum absolute atomic E-state index is 4.11. The van der Waals surface area contributed by atoms with Crippen LogP contribution in [0.5, 0.6) is 0 Å². The molecule has 2 rings (SSSR count). The van der Waals surface area contributed by atoms with Crippen molar-refractivity contribution in [3.05, 3.63) is 30.6 Å². The van der Waals surface area contributed by atoms with E-state index in [1.165, 1.54) is 0 Å². The second kappa shape index (κ2) is 3.82. The molecule has 0 bridgehead atoms. The van der Waals surface area contributed by atoms with Crippen LogP contribution in [0.25, 0.3) is 0 Å². The highest BCUT2D eigenvalue weighted by Gasteiger charge is 1.98. The molecule has 0 radical (unpaired) electrons. The fraction of sp³-hybridized carbons (Fsp3) is 0.250. The molecule has 0 amide bonds. The van der Waals surface area contributed by atoms with Crippen molar-refractivity contribution in [3.8, 4) is 0 Å². The van der Waals surface area contributed by atoms with Crippen molar-refractivity contribution in [1.29, 1.82) is 0 Å². The molecule has 0 atom stereocenters. The SMILES string of the molecule is Cn1cnc(CNc2ncccn2)n1. The minimum atomic E-state index is 0.533. The molecule has 0 aliphatic rings. The van der Waals surface area contributed by atoms with Gasteiger partial charge in [0, 0.05) is 19.4 Å². The smallest absolute Gasteiger partial charge is 0.222 e. The second-order valence-corrected chi connectivity index (χ2v) is 2.76. The Balaban J connectivity index is 1.95. The van der Waals surface area contributed by atoms with E-state index < -0.39 is 0 Å². The lowest BCUT2D eigenvalue weighted by molar-refractivity contribution is 0.746. The number of nitrogens with zero attached hydrogens (tertiary/aromatic N) is 5. The summed E-state index contributed by atoms with van der Waals surface area (Å²) in [5, 5.41) is 7.13. The van der Waals surface area contributed by atoms with E-state index in [9.17, 15) is 0 Å². The van der Waals surface area contributed by atoms with Crippen LogP contribution in [0.1, 0.15) is 5.82 Å². The Hall–Kier alpha value is -1.98. The van der Waals surface area contributed by atoms with Gasteiger partial charge >= 0.3 is 0 Å². The maximum atomic E-state index is 4.11. The first kappa shape index (κ1) is 8.61. The molecule has 1 N–H and O–H groups in total. The van der Waals surface area contributed by atoms with Gasteiger partial charge in [-0.1, -0.05) is 0 Å². The van der Waals surface area contributed by atoms with Crippen LogP contribution in [0.3, 0.4) is 0 Å². The van der Waals surface area contributed by atoms with Gasteiger partial charge in [-0.25, -0.2) is 15.0 Å². The van der Waals surface area contributed by atoms with Gasteiger partial charge in [0.25, 0.3) is 0 Å². The third-order valence-corrected chi connectivity index (χ3v) is 1.62. The first-order valence-corrected chi connectivity index (χ1v) is 4.20. The molecule has 0 aliphatic carbocycles. The zero-order valence-corrected chi connectivity index (χ0v) is 7.75. The average molecular weight is 190 g/mol. The standard InChI is InChI=1S/C8H10N6/c1-14-6-12-7(13-14)5-11-8-9-3-2-4-10-8/h2-4,6H,5H2,1H3,(H,9,10,11). The van der Waals surface area contributed by atoms with Crippen LogP contribution >= 0.6 is 0 Å². The number of hydrogen-bond donors (Lipinski definition) is 1. The largest absolute Gasteiger partial charge is 0.347 e. The predicted octanol–water partition coefficient (Wildman–Crippen LogP) is 0.217. The molecule has 6 nitrogen and oxygen atoms in total. The van der Waals surface area contributed by atoms with Crippen LogP contribution in [0, 0.1) is 0 Å². The van der Waals surface area contributed by atoms with Gasteiger partial charge in [0.1, 0.15) is 6.33 Å². The van der Waals surface area contributed by atoms with Gasteiger partial charge in [-0.3, -0.25) is 4.68 Å². The Morgan fingerprint density at radius 3 is 2.71 bits per heavy atom. The Bertz CT molecular complexity index is 395. The van der Waals surface area contributed by atoms with Crippen LogP contribution in [-0.4, -0.2) is 24.7 Å². The molecule has 6 heteroatoms. The lowest BCUT2D eigenvalue weighted by Crippen LogP contribution is -2.04. The second-order valence-electron chi connectivity index (χ2n) is 2.76. The molecule has 0 aromatic carbocycles. The van der Waals surface area contributed by atoms with Gasteiger partial charge in [-0.05, 0) is 6.07 Å². The third-order valence-electron chi connectivity index (χ3n) is 1.62. The fourth-order valence-electron chi connectivity index (χ4n) is 1.01. The van der Waals surface area contributed by atoms with Crippen molar-refractivity contribution in [2.24, 2.45) is 7.05 Å². The number of anilines is 1. The van der Waals surface area contributed by atoms with E-state index in [1.54, 1.807) is 29.5 Å². The van der Waals surface area contributed by atoms with Crippen molar-refractivity contribution in [2.45, 2.75) is 6.54 Å². The molecule has 2 aromatic rings. The maximum Gasteiger partial charge on any atom is 0.222 e. The Labute approximate surface area is 81.0 Å². The molecule has 0 saturated heterocycles. The summed E-state index contributed by atoms with van der Waals surface area (Å²) in [6.45, 7) is 0.533. The summed E-state index contributed by atoms with van der Waals surface area (Å²) in [7, 11) is 1.83. The third kappa shape index (κ3) is 2.03. The summed E-state index contributed by atoms with van der Waals surface area (Å²) in [5.41, 5.74) is 0. The molecule has 0 saturated carbocycles. The molecule has 2 aromatic heterocycles. The highest BCUT2D eigenvalue weighted by atomic mass is 15.3. The van der Waals surface area contributed by atoms with Gasteiger partial charge < -0.3 is 5.32 Å². The molecular formula is C8H10N6. The van der Waals surface area contributed by atoms with E-state index in [-0.39, 0.29) is 0 Å². The summed E-state index contributed by atoms with van der Waals surface area (Å²) in [5.74, 6) is 1.31. The predicted molar refractivity (Wildman–Crippen MR) is 50.4 cm³/mol. The van der Waals surface area contributed by atoms with Gasteiger partial charge in [-0.15, -0.1) is 0 Å². The zero-order valence-electron chi connectivity index (χ0n) is 7.75. The van der Waals surface area contributed by atoms with E-state index in [0.29, 0.717) is 12.5 Å². The molecule has 14 heavy (non-hydrogen) atoms. The first-order valence-electron chi connectivity index (χ1n) is 4.20. The van der Waals surface area contributed by atoms with Crippen molar-refractivity contribution < 1.29 is 0 Å². The van der Waals surface area contributed by atoms with Crippen molar-refractivity contribution >= 4 is 5.95 Å². The fourth-order valence-corrected chi connectivity index (χ4v) is 1.01. The topological polar surface area (TPSA) is 68.5 Å². The lowest BCUT2D eigenvalue weighted by atomic mass is 10.6.